The summed E-state index contributed by atoms with van der Waals surface area (Å²) in [6.45, 7) is 0. The molecule has 0 aromatic carbocycles. The first-order valence-electron chi connectivity index (χ1n) is 3.33. The molecule has 2 N–H and O–H groups in total. The van der Waals surface area contributed by atoms with E-state index in [0.717, 1.165) is 10.9 Å². The summed E-state index contributed by atoms with van der Waals surface area (Å²) in [5, 5.41) is 1.03. The van der Waals surface area contributed by atoms with E-state index < -0.39 is 0 Å². The molecule has 0 unspecified atom stereocenters. The topological polar surface area (TPSA) is 51.8 Å². The minimum absolute atomic E-state index is 0.489. The fourth-order valence-electron chi connectivity index (χ4n) is 1.03. The Labute approximate surface area is 63.9 Å². The molecule has 0 amide bonds. The van der Waals surface area contributed by atoms with Crippen molar-refractivity contribution in [2.75, 3.05) is 5.73 Å². The van der Waals surface area contributed by atoms with E-state index in [4.69, 9.17) is 5.73 Å². The van der Waals surface area contributed by atoms with Gasteiger partial charge in [-0.3, -0.25) is 4.98 Å². The number of hydrogen-bond acceptors (Lipinski definition) is 3. The van der Waals surface area contributed by atoms with E-state index in [9.17, 15) is 0 Å². The maximum Gasteiger partial charge on any atom is 0.149 e. The van der Waals surface area contributed by atoms with E-state index in [1.807, 2.05) is 18.2 Å². The number of hydrogen-bond donors (Lipinski definition) is 1. The molecule has 0 bridgehead atoms. The van der Waals surface area contributed by atoms with Crippen LogP contribution in [-0.2, 0) is 0 Å². The van der Waals surface area contributed by atoms with Gasteiger partial charge >= 0.3 is 0 Å². The van der Waals surface area contributed by atoms with Crippen LogP contribution in [0.25, 0.3) is 10.9 Å². The molecule has 0 aliphatic heterocycles. The van der Waals surface area contributed by atoms with Gasteiger partial charge in [-0.15, -0.1) is 0 Å². The molecule has 0 saturated heterocycles. The van der Waals surface area contributed by atoms with E-state index in [1.165, 1.54) is 0 Å². The minimum Gasteiger partial charge on any atom is -0.382 e. The SMILES string of the molecule is Nc1nccc2cccnc12. The lowest BCUT2D eigenvalue weighted by atomic mass is 10.2. The zero-order valence-corrected chi connectivity index (χ0v) is 5.86. The van der Waals surface area contributed by atoms with Gasteiger partial charge in [0.25, 0.3) is 0 Å². The number of fused-ring (bicyclic) bond motifs is 1. The Morgan fingerprint density at radius 1 is 1.09 bits per heavy atom. The predicted molar refractivity (Wildman–Crippen MR) is 44.0 cm³/mol. The molecule has 0 radical (unpaired) electrons. The molecule has 54 valence electrons. The molecule has 0 fully saturated rings. The fraction of sp³-hybridized carbons (Fsp3) is 0. The standard InChI is InChI=1S/C8H7N3/c9-8-7-6(3-5-11-8)2-1-4-10-7/h1-5H,(H2,9,11). The number of nitrogen functional groups attached to an aromatic ring is 1. The molecular formula is C8H7N3. The van der Waals surface area contributed by atoms with Crippen molar-refractivity contribution in [3.05, 3.63) is 30.6 Å². The first kappa shape index (κ1) is 6.09. The highest BCUT2D eigenvalue weighted by Crippen LogP contribution is 2.13. The summed E-state index contributed by atoms with van der Waals surface area (Å²) in [6, 6.07) is 5.72. The zero-order chi connectivity index (χ0) is 7.68. The minimum atomic E-state index is 0.489. The quantitative estimate of drug-likeness (QED) is 0.606. The lowest BCUT2D eigenvalue weighted by Crippen LogP contribution is -1.91. The second-order valence-corrected chi connectivity index (χ2v) is 2.27. The first-order valence-corrected chi connectivity index (χ1v) is 3.33. The average molecular weight is 145 g/mol. The van der Waals surface area contributed by atoms with Crippen LogP contribution in [0.1, 0.15) is 0 Å². The monoisotopic (exact) mass is 145 g/mol. The average Bonchev–Trinajstić information content (AvgIpc) is 2.06. The molecule has 2 rings (SSSR count). The molecule has 0 aliphatic rings. The number of pyridine rings is 2. The second-order valence-electron chi connectivity index (χ2n) is 2.27. The predicted octanol–water partition coefficient (Wildman–Crippen LogP) is 1.21. The van der Waals surface area contributed by atoms with Gasteiger partial charge in [0.1, 0.15) is 11.3 Å². The van der Waals surface area contributed by atoms with E-state index in [-0.39, 0.29) is 0 Å². The van der Waals surface area contributed by atoms with Crippen molar-refractivity contribution < 1.29 is 0 Å². The van der Waals surface area contributed by atoms with Gasteiger partial charge in [0.2, 0.25) is 0 Å². The molecule has 2 aromatic heterocycles. The summed E-state index contributed by atoms with van der Waals surface area (Å²) in [5.74, 6) is 0.489. The molecule has 2 aromatic rings. The largest absolute Gasteiger partial charge is 0.382 e. The van der Waals surface area contributed by atoms with E-state index >= 15 is 0 Å². The Morgan fingerprint density at radius 2 is 2.00 bits per heavy atom. The van der Waals surface area contributed by atoms with Gasteiger partial charge < -0.3 is 5.73 Å². The Balaban J connectivity index is 2.91. The van der Waals surface area contributed by atoms with Gasteiger partial charge in [-0.05, 0) is 12.1 Å². The summed E-state index contributed by atoms with van der Waals surface area (Å²) < 4.78 is 0. The maximum atomic E-state index is 5.58. The highest BCUT2D eigenvalue weighted by molar-refractivity contribution is 5.86. The third kappa shape index (κ3) is 0.902. The number of aromatic nitrogens is 2. The lowest BCUT2D eigenvalue weighted by Gasteiger charge is -1.96. The van der Waals surface area contributed by atoms with Crippen LogP contribution in [0, 0.1) is 0 Å². The van der Waals surface area contributed by atoms with Crippen LogP contribution in [0.2, 0.25) is 0 Å². The summed E-state index contributed by atoms with van der Waals surface area (Å²) in [6.07, 6.45) is 3.39. The summed E-state index contributed by atoms with van der Waals surface area (Å²) >= 11 is 0. The Morgan fingerprint density at radius 3 is 2.82 bits per heavy atom. The zero-order valence-electron chi connectivity index (χ0n) is 5.86. The normalized spacial score (nSPS) is 10.2. The highest BCUT2D eigenvalue weighted by atomic mass is 14.9. The van der Waals surface area contributed by atoms with Crippen molar-refractivity contribution in [1.29, 1.82) is 0 Å². The van der Waals surface area contributed by atoms with E-state index in [1.54, 1.807) is 12.4 Å². The van der Waals surface area contributed by atoms with Gasteiger partial charge in [-0.2, -0.15) is 0 Å². The Hall–Kier alpha value is -1.64. The van der Waals surface area contributed by atoms with Gasteiger partial charge in [-0.1, -0.05) is 6.07 Å². The molecule has 2 heterocycles. The lowest BCUT2D eigenvalue weighted by molar-refractivity contribution is 1.32. The van der Waals surface area contributed by atoms with Gasteiger partial charge in [0.05, 0.1) is 0 Å². The number of nitrogens with two attached hydrogens (primary N) is 1. The summed E-state index contributed by atoms with van der Waals surface area (Å²) in [4.78, 5) is 8.02. The van der Waals surface area contributed by atoms with E-state index in [2.05, 4.69) is 9.97 Å². The first-order chi connectivity index (χ1) is 5.38. The van der Waals surface area contributed by atoms with Crippen LogP contribution in [0.15, 0.2) is 30.6 Å². The maximum absolute atomic E-state index is 5.58. The molecule has 0 spiro atoms. The number of rotatable bonds is 0. The molecule has 0 atom stereocenters. The van der Waals surface area contributed by atoms with Crippen molar-refractivity contribution in [2.45, 2.75) is 0 Å². The molecule has 3 heteroatoms. The van der Waals surface area contributed by atoms with Crippen LogP contribution in [-0.4, -0.2) is 9.97 Å². The molecule has 0 aliphatic carbocycles. The fourth-order valence-corrected chi connectivity index (χ4v) is 1.03. The Kier molecular flexibility index (Phi) is 1.22. The van der Waals surface area contributed by atoms with E-state index in [0.29, 0.717) is 5.82 Å². The van der Waals surface area contributed by atoms with Crippen LogP contribution in [0.3, 0.4) is 0 Å². The van der Waals surface area contributed by atoms with Gasteiger partial charge in [0.15, 0.2) is 0 Å². The van der Waals surface area contributed by atoms with Gasteiger partial charge in [-0.25, -0.2) is 4.98 Å². The van der Waals surface area contributed by atoms with Crippen LogP contribution < -0.4 is 5.73 Å². The third-order valence-electron chi connectivity index (χ3n) is 1.55. The summed E-state index contributed by atoms with van der Waals surface area (Å²) in [7, 11) is 0. The van der Waals surface area contributed by atoms with Crippen molar-refractivity contribution >= 4 is 16.7 Å². The van der Waals surface area contributed by atoms with Crippen LogP contribution >= 0.6 is 0 Å². The molecular weight excluding hydrogens is 138 g/mol. The smallest absolute Gasteiger partial charge is 0.149 e. The van der Waals surface area contributed by atoms with Crippen LogP contribution in [0.5, 0.6) is 0 Å². The second kappa shape index (κ2) is 2.20. The number of anilines is 1. The number of nitrogens with zero attached hydrogens (tertiary/aromatic N) is 2. The third-order valence-corrected chi connectivity index (χ3v) is 1.55. The highest BCUT2D eigenvalue weighted by Gasteiger charge is 1.95. The van der Waals surface area contributed by atoms with Crippen molar-refractivity contribution in [3.63, 3.8) is 0 Å². The molecule has 3 nitrogen and oxygen atoms in total. The van der Waals surface area contributed by atoms with Crippen molar-refractivity contribution in [2.24, 2.45) is 0 Å². The van der Waals surface area contributed by atoms with Crippen molar-refractivity contribution in [1.82, 2.24) is 9.97 Å². The van der Waals surface area contributed by atoms with Crippen LogP contribution in [0.4, 0.5) is 5.82 Å². The molecule has 11 heavy (non-hydrogen) atoms. The Bertz CT molecular complexity index is 378. The van der Waals surface area contributed by atoms with Gasteiger partial charge in [0, 0.05) is 17.8 Å². The van der Waals surface area contributed by atoms with Crippen molar-refractivity contribution in [3.8, 4) is 0 Å². The molecule has 0 saturated carbocycles. The summed E-state index contributed by atoms with van der Waals surface area (Å²) in [5.41, 5.74) is 6.36.